The minimum atomic E-state index is -0.498. The number of aromatic nitrogens is 2. The molecule has 18 heavy (non-hydrogen) atoms. The van der Waals surface area contributed by atoms with Crippen molar-refractivity contribution in [3.8, 4) is 0 Å². The number of aliphatic hydroxyl groups excluding tert-OH is 1. The smallest absolute Gasteiger partial charge is 0.373 e. The third kappa shape index (κ3) is 2.78. The largest absolute Gasteiger partial charge is 0.463 e. The lowest BCUT2D eigenvalue weighted by atomic mass is 10.3. The molecule has 2 heterocycles. The van der Waals surface area contributed by atoms with E-state index in [0.717, 1.165) is 5.56 Å². The van der Waals surface area contributed by atoms with Gasteiger partial charge in [-0.05, 0) is 24.1 Å². The van der Waals surface area contributed by atoms with E-state index in [9.17, 15) is 4.79 Å². The van der Waals surface area contributed by atoms with Crippen LogP contribution in [0.1, 0.15) is 21.9 Å². The molecule has 1 N–H and O–H groups in total. The number of rotatable bonds is 5. The Bertz CT molecular complexity index is 530. The quantitative estimate of drug-likeness (QED) is 0.796. The van der Waals surface area contributed by atoms with Gasteiger partial charge in [0.15, 0.2) is 0 Å². The first-order valence-electron chi connectivity index (χ1n) is 5.52. The number of nitrogens with zero attached hydrogens (tertiary/aromatic N) is 2. The molecule has 0 spiro atoms. The summed E-state index contributed by atoms with van der Waals surface area (Å²) in [5.74, 6) is 0.298. The van der Waals surface area contributed by atoms with Crippen LogP contribution in [0.2, 0.25) is 0 Å². The standard InChI is InChI=1S/C12H14N2O4/c1-17-12(16)11-3-2-10(18-11)8-14-7-9(4-5-15)6-13-14/h2-3,6-7,15H,4-5,8H2,1H3. The molecular formula is C12H14N2O4. The SMILES string of the molecule is COC(=O)c1ccc(Cn2cc(CCO)cn2)o1. The number of methoxy groups -OCH3 is 1. The Labute approximate surface area is 104 Å². The van der Waals surface area contributed by atoms with E-state index >= 15 is 0 Å². The monoisotopic (exact) mass is 250 g/mol. The van der Waals surface area contributed by atoms with Gasteiger partial charge in [-0.1, -0.05) is 0 Å². The number of aliphatic hydroxyl groups is 1. The Kier molecular flexibility index (Phi) is 3.78. The van der Waals surface area contributed by atoms with Gasteiger partial charge in [0.2, 0.25) is 5.76 Å². The molecule has 6 heteroatoms. The summed E-state index contributed by atoms with van der Waals surface area (Å²) in [5, 5.41) is 12.9. The molecule has 0 bridgehead atoms. The molecule has 0 amide bonds. The predicted octanol–water partition coefficient (Wildman–Crippen LogP) is 0.846. The van der Waals surface area contributed by atoms with E-state index in [-0.39, 0.29) is 12.4 Å². The maximum absolute atomic E-state index is 11.2. The van der Waals surface area contributed by atoms with E-state index in [1.54, 1.807) is 23.0 Å². The number of carbonyl (C=O) groups is 1. The summed E-state index contributed by atoms with van der Waals surface area (Å²) in [6.45, 7) is 0.529. The van der Waals surface area contributed by atoms with Crippen molar-refractivity contribution in [2.45, 2.75) is 13.0 Å². The Hall–Kier alpha value is -2.08. The van der Waals surface area contributed by atoms with Crippen molar-refractivity contribution in [1.29, 1.82) is 0 Å². The second-order valence-electron chi connectivity index (χ2n) is 3.78. The van der Waals surface area contributed by atoms with Gasteiger partial charge in [0.25, 0.3) is 0 Å². The lowest BCUT2D eigenvalue weighted by Crippen LogP contribution is -2.00. The number of ether oxygens (including phenoxy) is 1. The first-order valence-corrected chi connectivity index (χ1v) is 5.52. The first-order chi connectivity index (χ1) is 8.72. The minimum absolute atomic E-state index is 0.0962. The minimum Gasteiger partial charge on any atom is -0.463 e. The average Bonchev–Trinajstić information content (AvgIpc) is 2.99. The molecule has 96 valence electrons. The van der Waals surface area contributed by atoms with Crippen LogP contribution in [0.25, 0.3) is 0 Å². The Morgan fingerprint density at radius 3 is 3.11 bits per heavy atom. The highest BCUT2D eigenvalue weighted by Gasteiger charge is 2.11. The van der Waals surface area contributed by atoms with Crippen LogP contribution in [-0.4, -0.2) is 34.6 Å². The predicted molar refractivity (Wildman–Crippen MR) is 62.2 cm³/mol. The molecule has 0 unspecified atom stereocenters. The highest BCUT2D eigenvalue weighted by Crippen LogP contribution is 2.11. The third-order valence-corrected chi connectivity index (χ3v) is 2.45. The van der Waals surface area contributed by atoms with Gasteiger partial charge in [-0.15, -0.1) is 0 Å². The van der Waals surface area contributed by atoms with Crippen LogP contribution in [0.15, 0.2) is 28.9 Å². The van der Waals surface area contributed by atoms with Crippen molar-refractivity contribution < 1.29 is 19.1 Å². The van der Waals surface area contributed by atoms with E-state index < -0.39 is 5.97 Å². The molecular weight excluding hydrogens is 236 g/mol. The van der Waals surface area contributed by atoms with Crippen molar-refractivity contribution in [3.05, 3.63) is 41.6 Å². The number of hydrogen-bond acceptors (Lipinski definition) is 5. The molecule has 0 aromatic carbocycles. The molecule has 0 radical (unpaired) electrons. The van der Waals surface area contributed by atoms with Gasteiger partial charge in [-0.3, -0.25) is 4.68 Å². The Morgan fingerprint density at radius 1 is 1.56 bits per heavy atom. The van der Waals surface area contributed by atoms with Gasteiger partial charge >= 0.3 is 5.97 Å². The second-order valence-corrected chi connectivity index (χ2v) is 3.78. The summed E-state index contributed by atoms with van der Waals surface area (Å²) >= 11 is 0. The fourth-order valence-electron chi connectivity index (χ4n) is 1.58. The van der Waals surface area contributed by atoms with E-state index in [4.69, 9.17) is 9.52 Å². The summed E-state index contributed by atoms with van der Waals surface area (Å²) in [6.07, 6.45) is 4.10. The zero-order valence-corrected chi connectivity index (χ0v) is 10.00. The summed E-state index contributed by atoms with van der Waals surface area (Å²) < 4.78 is 11.6. The molecule has 2 rings (SSSR count). The molecule has 2 aromatic rings. The van der Waals surface area contributed by atoms with Gasteiger partial charge in [0.05, 0.1) is 19.9 Å². The van der Waals surface area contributed by atoms with Gasteiger partial charge in [-0.2, -0.15) is 5.10 Å². The van der Waals surface area contributed by atoms with Crippen molar-refractivity contribution in [2.75, 3.05) is 13.7 Å². The first kappa shape index (κ1) is 12.4. The third-order valence-electron chi connectivity index (χ3n) is 2.45. The van der Waals surface area contributed by atoms with Crippen molar-refractivity contribution in [2.24, 2.45) is 0 Å². The maximum Gasteiger partial charge on any atom is 0.373 e. The van der Waals surface area contributed by atoms with Crippen LogP contribution in [0.4, 0.5) is 0 Å². The lowest BCUT2D eigenvalue weighted by Gasteiger charge is -1.97. The summed E-state index contributed by atoms with van der Waals surface area (Å²) in [6, 6.07) is 3.28. The van der Waals surface area contributed by atoms with Gasteiger partial charge in [0, 0.05) is 12.8 Å². The van der Waals surface area contributed by atoms with E-state index in [0.29, 0.717) is 18.7 Å². The van der Waals surface area contributed by atoms with Gasteiger partial charge in [-0.25, -0.2) is 4.79 Å². The van der Waals surface area contributed by atoms with Crippen molar-refractivity contribution in [1.82, 2.24) is 9.78 Å². The number of hydrogen-bond donors (Lipinski definition) is 1. The van der Waals surface area contributed by atoms with Gasteiger partial charge in [0.1, 0.15) is 5.76 Å². The van der Waals surface area contributed by atoms with Crippen LogP contribution < -0.4 is 0 Å². The average molecular weight is 250 g/mol. The van der Waals surface area contributed by atoms with Crippen LogP contribution >= 0.6 is 0 Å². The fourth-order valence-corrected chi connectivity index (χ4v) is 1.58. The summed E-state index contributed by atoms with van der Waals surface area (Å²) in [7, 11) is 1.30. The molecule has 0 fully saturated rings. The van der Waals surface area contributed by atoms with E-state index in [2.05, 4.69) is 9.84 Å². The Balaban J connectivity index is 2.04. The molecule has 0 saturated carbocycles. The summed E-state index contributed by atoms with van der Waals surface area (Å²) in [4.78, 5) is 11.2. The lowest BCUT2D eigenvalue weighted by molar-refractivity contribution is 0.0563. The van der Waals surface area contributed by atoms with Crippen LogP contribution in [0.3, 0.4) is 0 Å². The maximum atomic E-state index is 11.2. The number of carbonyl (C=O) groups excluding carboxylic acids is 1. The molecule has 0 aliphatic rings. The van der Waals surface area contributed by atoms with E-state index in [1.807, 2.05) is 6.20 Å². The number of furan rings is 1. The van der Waals surface area contributed by atoms with Crippen LogP contribution in [-0.2, 0) is 17.7 Å². The van der Waals surface area contributed by atoms with Crippen LogP contribution in [0.5, 0.6) is 0 Å². The molecule has 6 nitrogen and oxygen atoms in total. The van der Waals surface area contributed by atoms with Crippen molar-refractivity contribution >= 4 is 5.97 Å². The summed E-state index contributed by atoms with van der Waals surface area (Å²) in [5.41, 5.74) is 0.956. The molecule has 0 aliphatic carbocycles. The molecule has 0 saturated heterocycles. The molecule has 2 aromatic heterocycles. The highest BCUT2D eigenvalue weighted by atomic mass is 16.5. The van der Waals surface area contributed by atoms with Crippen molar-refractivity contribution in [3.63, 3.8) is 0 Å². The highest BCUT2D eigenvalue weighted by molar-refractivity contribution is 5.86. The van der Waals surface area contributed by atoms with Crippen LogP contribution in [0, 0.1) is 0 Å². The van der Waals surface area contributed by atoms with Gasteiger partial charge < -0.3 is 14.3 Å². The topological polar surface area (TPSA) is 77.5 Å². The molecule has 0 atom stereocenters. The fraction of sp³-hybridized carbons (Fsp3) is 0.333. The normalized spacial score (nSPS) is 10.6. The zero-order chi connectivity index (χ0) is 13.0. The number of esters is 1. The van der Waals surface area contributed by atoms with E-state index in [1.165, 1.54) is 7.11 Å². The second kappa shape index (κ2) is 5.50. The zero-order valence-electron chi connectivity index (χ0n) is 10.00. The Morgan fingerprint density at radius 2 is 2.39 bits per heavy atom. The molecule has 0 aliphatic heterocycles.